The minimum Gasteiger partial charge on any atom is -0.480 e. The van der Waals surface area contributed by atoms with Crippen molar-refractivity contribution in [2.75, 3.05) is 32.8 Å². The Labute approximate surface area is 110 Å². The van der Waals surface area contributed by atoms with Gasteiger partial charge in [-0.1, -0.05) is 13.8 Å². The highest BCUT2D eigenvalue weighted by atomic mass is 16.5. The lowest BCUT2D eigenvalue weighted by Crippen LogP contribution is -2.47. The van der Waals surface area contributed by atoms with Crippen molar-refractivity contribution in [1.82, 2.24) is 4.90 Å². The number of hydrogen-bond acceptors (Lipinski definition) is 4. The molecule has 0 aromatic carbocycles. The minimum absolute atomic E-state index is 0.466. The SMILES string of the molecule is CCOCCN(CC)CCCC(N)(CC)C(=O)O. The van der Waals surface area contributed by atoms with Gasteiger partial charge in [0.1, 0.15) is 5.54 Å². The second kappa shape index (κ2) is 9.30. The van der Waals surface area contributed by atoms with Crippen molar-refractivity contribution in [3.05, 3.63) is 0 Å². The number of nitrogens with two attached hydrogens (primary N) is 1. The van der Waals surface area contributed by atoms with Crippen molar-refractivity contribution in [3.63, 3.8) is 0 Å². The van der Waals surface area contributed by atoms with Crippen LogP contribution in [0.1, 0.15) is 40.0 Å². The average molecular weight is 260 g/mol. The first kappa shape index (κ1) is 17.4. The molecule has 0 spiro atoms. The normalized spacial score (nSPS) is 14.7. The minimum atomic E-state index is -1.07. The van der Waals surface area contributed by atoms with Gasteiger partial charge in [0.15, 0.2) is 0 Å². The van der Waals surface area contributed by atoms with E-state index in [9.17, 15) is 4.79 Å². The maximum atomic E-state index is 11.0. The van der Waals surface area contributed by atoms with Gasteiger partial charge in [-0.05, 0) is 39.3 Å². The third kappa shape index (κ3) is 6.33. The van der Waals surface area contributed by atoms with Gasteiger partial charge in [-0.2, -0.15) is 0 Å². The predicted molar refractivity (Wildman–Crippen MR) is 72.7 cm³/mol. The van der Waals surface area contributed by atoms with Gasteiger partial charge in [0.05, 0.1) is 6.61 Å². The summed E-state index contributed by atoms with van der Waals surface area (Å²) in [5, 5.41) is 9.07. The lowest BCUT2D eigenvalue weighted by molar-refractivity contribution is -0.143. The number of carbonyl (C=O) groups is 1. The lowest BCUT2D eigenvalue weighted by atomic mass is 9.92. The average Bonchev–Trinajstić information content (AvgIpc) is 2.36. The lowest BCUT2D eigenvalue weighted by Gasteiger charge is -2.25. The summed E-state index contributed by atoms with van der Waals surface area (Å²) in [4.78, 5) is 13.3. The van der Waals surface area contributed by atoms with Crippen LogP contribution in [-0.4, -0.2) is 54.4 Å². The number of carboxylic acids is 1. The van der Waals surface area contributed by atoms with E-state index in [4.69, 9.17) is 15.6 Å². The van der Waals surface area contributed by atoms with Crippen LogP contribution in [0.25, 0.3) is 0 Å². The van der Waals surface area contributed by atoms with E-state index in [2.05, 4.69) is 11.8 Å². The summed E-state index contributed by atoms with van der Waals surface area (Å²) in [6.45, 7) is 10.1. The molecule has 3 N–H and O–H groups in total. The first-order valence-electron chi connectivity index (χ1n) is 6.82. The Kier molecular flexibility index (Phi) is 8.97. The number of ether oxygens (including phenoxy) is 1. The molecule has 0 aromatic rings. The van der Waals surface area contributed by atoms with Crippen molar-refractivity contribution < 1.29 is 14.6 Å². The van der Waals surface area contributed by atoms with E-state index >= 15 is 0 Å². The summed E-state index contributed by atoms with van der Waals surface area (Å²) < 4.78 is 5.31. The molecular formula is C13H28N2O3. The molecule has 5 nitrogen and oxygen atoms in total. The second-order valence-corrected chi connectivity index (χ2v) is 4.55. The smallest absolute Gasteiger partial charge is 0.323 e. The van der Waals surface area contributed by atoms with E-state index in [-0.39, 0.29) is 0 Å². The van der Waals surface area contributed by atoms with E-state index in [1.807, 2.05) is 13.8 Å². The number of hydrogen-bond donors (Lipinski definition) is 2. The Morgan fingerprint density at radius 2 is 2.00 bits per heavy atom. The van der Waals surface area contributed by atoms with Crippen LogP contribution in [0, 0.1) is 0 Å². The highest BCUT2D eigenvalue weighted by Gasteiger charge is 2.31. The molecule has 0 heterocycles. The molecule has 0 bridgehead atoms. The molecule has 1 unspecified atom stereocenters. The van der Waals surface area contributed by atoms with Gasteiger partial charge < -0.3 is 20.5 Å². The molecule has 0 radical (unpaired) electrons. The number of likely N-dealkylation sites (N-methyl/N-ethyl adjacent to an activating group) is 1. The van der Waals surface area contributed by atoms with Gasteiger partial charge in [0.2, 0.25) is 0 Å². The molecule has 0 aliphatic rings. The van der Waals surface area contributed by atoms with E-state index in [1.54, 1.807) is 0 Å². The fourth-order valence-corrected chi connectivity index (χ4v) is 1.82. The molecule has 108 valence electrons. The third-order valence-corrected chi connectivity index (χ3v) is 3.36. The largest absolute Gasteiger partial charge is 0.480 e. The first-order chi connectivity index (χ1) is 8.50. The van der Waals surface area contributed by atoms with Gasteiger partial charge in [-0.25, -0.2) is 0 Å². The van der Waals surface area contributed by atoms with E-state index in [0.717, 1.165) is 39.3 Å². The summed E-state index contributed by atoms with van der Waals surface area (Å²) in [6, 6.07) is 0. The van der Waals surface area contributed by atoms with Gasteiger partial charge >= 0.3 is 5.97 Å². The van der Waals surface area contributed by atoms with Crippen molar-refractivity contribution in [2.45, 2.75) is 45.6 Å². The zero-order valence-corrected chi connectivity index (χ0v) is 11.9. The van der Waals surface area contributed by atoms with Crippen LogP contribution in [0.15, 0.2) is 0 Å². The molecule has 5 heteroatoms. The topological polar surface area (TPSA) is 75.8 Å². The fourth-order valence-electron chi connectivity index (χ4n) is 1.82. The molecule has 0 aromatic heterocycles. The van der Waals surface area contributed by atoms with Crippen molar-refractivity contribution >= 4 is 5.97 Å². The summed E-state index contributed by atoms with van der Waals surface area (Å²) in [7, 11) is 0. The standard InChI is InChI=1S/C13H28N2O3/c1-4-13(14,12(16)17)8-7-9-15(5-2)10-11-18-6-3/h4-11,14H2,1-3H3,(H,16,17). The van der Waals surface area contributed by atoms with Crippen molar-refractivity contribution in [1.29, 1.82) is 0 Å². The zero-order valence-electron chi connectivity index (χ0n) is 11.9. The van der Waals surface area contributed by atoms with Crippen molar-refractivity contribution in [3.8, 4) is 0 Å². The van der Waals surface area contributed by atoms with Crippen LogP contribution in [0.2, 0.25) is 0 Å². The molecule has 0 fully saturated rings. The third-order valence-electron chi connectivity index (χ3n) is 3.36. The van der Waals surface area contributed by atoms with Crippen molar-refractivity contribution in [2.24, 2.45) is 5.73 Å². The van der Waals surface area contributed by atoms with Gasteiger partial charge in [-0.15, -0.1) is 0 Å². The van der Waals surface area contributed by atoms with Crippen LogP contribution in [0.3, 0.4) is 0 Å². The monoisotopic (exact) mass is 260 g/mol. The Morgan fingerprint density at radius 3 is 2.44 bits per heavy atom. The Hall–Kier alpha value is -0.650. The summed E-state index contributed by atoms with van der Waals surface area (Å²) in [5.74, 6) is -0.901. The first-order valence-corrected chi connectivity index (χ1v) is 6.82. The molecule has 0 aliphatic carbocycles. The Morgan fingerprint density at radius 1 is 1.33 bits per heavy atom. The molecule has 0 rings (SSSR count). The number of carboxylic acid groups (broad SMARTS) is 1. The molecule has 18 heavy (non-hydrogen) atoms. The molecular weight excluding hydrogens is 232 g/mol. The summed E-state index contributed by atoms with van der Waals surface area (Å²) in [6.07, 6.45) is 1.79. The molecule has 0 saturated carbocycles. The van der Waals surface area contributed by atoms with Crippen LogP contribution in [-0.2, 0) is 9.53 Å². The van der Waals surface area contributed by atoms with E-state index in [0.29, 0.717) is 12.8 Å². The quantitative estimate of drug-likeness (QED) is 0.548. The molecule has 0 saturated heterocycles. The number of rotatable bonds is 11. The highest BCUT2D eigenvalue weighted by molar-refractivity contribution is 5.78. The predicted octanol–water partition coefficient (Wildman–Crippen LogP) is 1.32. The fraction of sp³-hybridized carbons (Fsp3) is 0.923. The van der Waals surface area contributed by atoms with Crippen LogP contribution in [0.5, 0.6) is 0 Å². The maximum absolute atomic E-state index is 11.0. The van der Waals surface area contributed by atoms with Crippen LogP contribution >= 0.6 is 0 Å². The van der Waals surface area contributed by atoms with E-state index < -0.39 is 11.5 Å². The van der Waals surface area contributed by atoms with Crippen LogP contribution in [0.4, 0.5) is 0 Å². The second-order valence-electron chi connectivity index (χ2n) is 4.55. The Balaban J connectivity index is 3.95. The Bertz CT molecular complexity index is 236. The van der Waals surface area contributed by atoms with Crippen LogP contribution < -0.4 is 5.73 Å². The maximum Gasteiger partial charge on any atom is 0.323 e. The van der Waals surface area contributed by atoms with Gasteiger partial charge in [-0.3, -0.25) is 4.79 Å². The highest BCUT2D eigenvalue weighted by Crippen LogP contribution is 2.14. The molecule has 1 atom stereocenters. The van der Waals surface area contributed by atoms with Gasteiger partial charge in [0.25, 0.3) is 0 Å². The number of aliphatic carboxylic acids is 1. The molecule has 0 amide bonds. The zero-order chi connectivity index (χ0) is 14.0. The summed E-state index contributed by atoms with van der Waals surface area (Å²) >= 11 is 0. The number of nitrogens with zero attached hydrogens (tertiary/aromatic N) is 1. The van der Waals surface area contributed by atoms with Gasteiger partial charge in [0, 0.05) is 13.2 Å². The summed E-state index contributed by atoms with van der Waals surface area (Å²) in [5.41, 5.74) is 4.78. The van der Waals surface area contributed by atoms with E-state index in [1.165, 1.54) is 0 Å². The molecule has 0 aliphatic heterocycles.